The Morgan fingerprint density at radius 1 is 1.31 bits per heavy atom. The zero-order chi connectivity index (χ0) is 12.1. The minimum atomic E-state index is -0.155. The van der Waals surface area contributed by atoms with Crippen LogP contribution in [0.5, 0.6) is 0 Å². The fourth-order valence-corrected chi connectivity index (χ4v) is 1.16. The van der Waals surface area contributed by atoms with E-state index < -0.39 is 0 Å². The SMILES string of the molecule is C/C(=N\NC(=O)c1ccccc1C)C(C)C. The van der Waals surface area contributed by atoms with Crippen LogP contribution in [0.4, 0.5) is 0 Å². The van der Waals surface area contributed by atoms with E-state index in [1.54, 1.807) is 6.07 Å². The summed E-state index contributed by atoms with van der Waals surface area (Å²) in [5.41, 5.74) is 5.11. The van der Waals surface area contributed by atoms with E-state index in [0.717, 1.165) is 11.3 Å². The number of nitrogens with zero attached hydrogens (tertiary/aromatic N) is 1. The van der Waals surface area contributed by atoms with E-state index in [9.17, 15) is 4.79 Å². The number of carbonyl (C=O) groups excluding carboxylic acids is 1. The van der Waals surface area contributed by atoms with Crippen LogP contribution in [0.1, 0.15) is 36.7 Å². The van der Waals surface area contributed by atoms with Crippen molar-refractivity contribution in [3.63, 3.8) is 0 Å². The summed E-state index contributed by atoms with van der Waals surface area (Å²) in [5.74, 6) is 0.190. The molecule has 1 rings (SSSR count). The van der Waals surface area contributed by atoms with Crippen LogP contribution >= 0.6 is 0 Å². The Morgan fingerprint density at radius 3 is 2.50 bits per heavy atom. The number of carbonyl (C=O) groups is 1. The molecule has 0 fully saturated rings. The quantitative estimate of drug-likeness (QED) is 0.615. The molecule has 0 aliphatic carbocycles. The molecule has 86 valence electrons. The Labute approximate surface area is 96.6 Å². The first-order valence-electron chi connectivity index (χ1n) is 5.42. The molecule has 0 aliphatic rings. The first kappa shape index (κ1) is 12.4. The Hall–Kier alpha value is -1.64. The molecule has 0 aromatic heterocycles. The predicted molar refractivity (Wildman–Crippen MR) is 66.6 cm³/mol. The number of nitrogens with one attached hydrogen (secondary N) is 1. The average Bonchev–Trinajstić information content (AvgIpc) is 2.25. The molecule has 0 atom stereocenters. The molecule has 0 saturated carbocycles. The highest BCUT2D eigenvalue weighted by Crippen LogP contribution is 2.06. The Kier molecular flexibility index (Phi) is 4.23. The summed E-state index contributed by atoms with van der Waals surface area (Å²) < 4.78 is 0. The van der Waals surface area contributed by atoms with Gasteiger partial charge in [0.25, 0.3) is 5.91 Å². The summed E-state index contributed by atoms with van der Waals surface area (Å²) >= 11 is 0. The summed E-state index contributed by atoms with van der Waals surface area (Å²) in [6.07, 6.45) is 0. The highest BCUT2D eigenvalue weighted by atomic mass is 16.2. The number of benzene rings is 1. The van der Waals surface area contributed by atoms with Gasteiger partial charge in [-0.3, -0.25) is 4.79 Å². The van der Waals surface area contributed by atoms with Crippen LogP contribution in [0.15, 0.2) is 29.4 Å². The highest BCUT2D eigenvalue weighted by Gasteiger charge is 2.07. The van der Waals surface area contributed by atoms with E-state index in [-0.39, 0.29) is 5.91 Å². The first-order chi connectivity index (χ1) is 7.52. The van der Waals surface area contributed by atoms with Crippen molar-refractivity contribution in [1.82, 2.24) is 5.43 Å². The number of hydrogen-bond donors (Lipinski definition) is 1. The molecular weight excluding hydrogens is 200 g/mol. The van der Waals surface area contributed by atoms with Gasteiger partial charge in [-0.05, 0) is 31.4 Å². The second kappa shape index (κ2) is 5.45. The van der Waals surface area contributed by atoms with Gasteiger partial charge in [-0.2, -0.15) is 5.10 Å². The number of rotatable bonds is 3. The van der Waals surface area contributed by atoms with Crippen molar-refractivity contribution in [2.45, 2.75) is 27.7 Å². The number of aryl methyl sites for hydroxylation is 1. The van der Waals surface area contributed by atoms with Gasteiger partial charge in [-0.1, -0.05) is 32.0 Å². The van der Waals surface area contributed by atoms with Crippen molar-refractivity contribution in [1.29, 1.82) is 0 Å². The molecule has 3 nitrogen and oxygen atoms in total. The van der Waals surface area contributed by atoms with Gasteiger partial charge in [0.2, 0.25) is 0 Å². The van der Waals surface area contributed by atoms with Gasteiger partial charge in [-0.15, -0.1) is 0 Å². The zero-order valence-electron chi connectivity index (χ0n) is 10.2. The summed E-state index contributed by atoms with van der Waals surface area (Å²) in [4.78, 5) is 11.8. The molecule has 3 heteroatoms. The summed E-state index contributed by atoms with van der Waals surface area (Å²) in [6.45, 7) is 7.90. The fraction of sp³-hybridized carbons (Fsp3) is 0.385. The maximum Gasteiger partial charge on any atom is 0.271 e. The largest absolute Gasteiger partial charge is 0.271 e. The van der Waals surface area contributed by atoms with Crippen LogP contribution in [0, 0.1) is 12.8 Å². The molecule has 0 unspecified atom stereocenters. The van der Waals surface area contributed by atoms with Gasteiger partial charge in [0.05, 0.1) is 0 Å². The lowest BCUT2D eigenvalue weighted by Crippen LogP contribution is -2.21. The summed E-state index contributed by atoms with van der Waals surface area (Å²) in [6, 6.07) is 7.47. The molecule has 1 aromatic rings. The van der Waals surface area contributed by atoms with E-state index in [2.05, 4.69) is 10.5 Å². The molecule has 0 heterocycles. The third kappa shape index (κ3) is 3.19. The van der Waals surface area contributed by atoms with Gasteiger partial charge in [-0.25, -0.2) is 5.43 Å². The summed E-state index contributed by atoms with van der Waals surface area (Å²) in [7, 11) is 0. The highest BCUT2D eigenvalue weighted by molar-refractivity contribution is 5.96. The number of hydrogen-bond acceptors (Lipinski definition) is 2. The Balaban J connectivity index is 2.74. The predicted octanol–water partition coefficient (Wildman–Crippen LogP) is 2.76. The lowest BCUT2D eigenvalue weighted by molar-refractivity contribution is 0.0954. The molecule has 0 saturated heterocycles. The minimum Gasteiger partial charge on any atom is -0.267 e. The van der Waals surface area contributed by atoms with Crippen molar-refractivity contribution in [3.05, 3.63) is 35.4 Å². The van der Waals surface area contributed by atoms with E-state index in [1.165, 1.54) is 0 Å². The Bertz CT molecular complexity index is 408. The molecule has 0 aliphatic heterocycles. The van der Waals surface area contributed by atoms with E-state index in [0.29, 0.717) is 11.5 Å². The van der Waals surface area contributed by atoms with Gasteiger partial charge in [0, 0.05) is 11.3 Å². The lowest BCUT2D eigenvalue weighted by Gasteiger charge is -2.06. The fourth-order valence-electron chi connectivity index (χ4n) is 1.16. The average molecular weight is 218 g/mol. The van der Waals surface area contributed by atoms with Crippen LogP contribution < -0.4 is 5.43 Å². The van der Waals surface area contributed by atoms with Crippen LogP contribution in [0.2, 0.25) is 0 Å². The second-order valence-electron chi connectivity index (χ2n) is 4.16. The smallest absolute Gasteiger partial charge is 0.267 e. The molecule has 1 N–H and O–H groups in total. The topological polar surface area (TPSA) is 41.5 Å². The van der Waals surface area contributed by atoms with Gasteiger partial charge in [0.15, 0.2) is 0 Å². The van der Waals surface area contributed by atoms with Crippen molar-refractivity contribution in [3.8, 4) is 0 Å². The van der Waals surface area contributed by atoms with E-state index >= 15 is 0 Å². The van der Waals surface area contributed by atoms with Crippen molar-refractivity contribution in [2.75, 3.05) is 0 Å². The van der Waals surface area contributed by atoms with Crippen molar-refractivity contribution >= 4 is 11.6 Å². The molecular formula is C13H18N2O. The normalized spacial score (nSPS) is 11.7. The molecule has 0 spiro atoms. The maximum atomic E-state index is 11.8. The van der Waals surface area contributed by atoms with Crippen LogP contribution in [0.3, 0.4) is 0 Å². The van der Waals surface area contributed by atoms with Crippen molar-refractivity contribution in [2.24, 2.45) is 11.0 Å². The van der Waals surface area contributed by atoms with Gasteiger partial charge in [0.1, 0.15) is 0 Å². The third-order valence-electron chi connectivity index (χ3n) is 2.56. The minimum absolute atomic E-state index is 0.155. The van der Waals surface area contributed by atoms with E-state index in [4.69, 9.17) is 0 Å². The molecule has 1 amide bonds. The number of amides is 1. The monoisotopic (exact) mass is 218 g/mol. The van der Waals surface area contributed by atoms with E-state index in [1.807, 2.05) is 45.9 Å². The van der Waals surface area contributed by atoms with Crippen LogP contribution in [-0.4, -0.2) is 11.6 Å². The third-order valence-corrected chi connectivity index (χ3v) is 2.56. The second-order valence-corrected chi connectivity index (χ2v) is 4.16. The first-order valence-corrected chi connectivity index (χ1v) is 5.42. The molecule has 16 heavy (non-hydrogen) atoms. The van der Waals surface area contributed by atoms with Gasteiger partial charge < -0.3 is 0 Å². The zero-order valence-corrected chi connectivity index (χ0v) is 10.2. The molecule has 1 aromatic carbocycles. The summed E-state index contributed by atoms with van der Waals surface area (Å²) in [5, 5.41) is 4.06. The van der Waals surface area contributed by atoms with Crippen molar-refractivity contribution < 1.29 is 4.79 Å². The van der Waals surface area contributed by atoms with Crippen LogP contribution in [0.25, 0.3) is 0 Å². The number of hydrazone groups is 1. The maximum absolute atomic E-state index is 11.8. The molecule has 0 bridgehead atoms. The van der Waals surface area contributed by atoms with Crippen LogP contribution in [-0.2, 0) is 0 Å². The standard InChI is InChI=1S/C13H18N2O/c1-9(2)11(4)14-15-13(16)12-8-6-5-7-10(12)3/h5-9H,1-4H3,(H,15,16)/b14-11+. The Morgan fingerprint density at radius 2 is 1.94 bits per heavy atom. The molecule has 0 radical (unpaired) electrons. The lowest BCUT2D eigenvalue weighted by atomic mass is 10.1. The van der Waals surface area contributed by atoms with Gasteiger partial charge >= 0.3 is 0 Å².